The molecule has 7 heteroatoms. The molecule has 0 spiro atoms. The first-order valence-corrected chi connectivity index (χ1v) is 6.70. The van der Waals surface area contributed by atoms with Crippen molar-refractivity contribution in [1.82, 2.24) is 5.32 Å². The summed E-state index contributed by atoms with van der Waals surface area (Å²) in [5.41, 5.74) is 0.398. The van der Waals surface area contributed by atoms with E-state index in [-0.39, 0.29) is 5.91 Å². The number of ether oxygens (including phenoxy) is 3. The van der Waals surface area contributed by atoms with Crippen LogP contribution in [0.3, 0.4) is 0 Å². The molecule has 1 aromatic rings. The lowest BCUT2D eigenvalue weighted by Gasteiger charge is -2.20. The maximum Gasteiger partial charge on any atom is 0.334 e. The Bertz CT molecular complexity index is 573. The smallest absolute Gasteiger partial charge is 0.334 e. The SMILES string of the molecule is O=C(N[C@H]1CCO[C@H]1C(=O)O)c1ccc2c(c1)OCCO2. The summed E-state index contributed by atoms with van der Waals surface area (Å²) < 4.78 is 15.9. The average molecular weight is 293 g/mol. The van der Waals surface area contributed by atoms with Crippen LogP contribution in [-0.2, 0) is 9.53 Å². The summed E-state index contributed by atoms with van der Waals surface area (Å²) in [6, 6.07) is 4.36. The van der Waals surface area contributed by atoms with Gasteiger partial charge in [0.1, 0.15) is 13.2 Å². The molecule has 0 bridgehead atoms. The van der Waals surface area contributed by atoms with Crippen molar-refractivity contribution >= 4 is 11.9 Å². The van der Waals surface area contributed by atoms with Crippen molar-refractivity contribution in [3.05, 3.63) is 23.8 Å². The van der Waals surface area contributed by atoms with Gasteiger partial charge in [0.25, 0.3) is 5.91 Å². The van der Waals surface area contributed by atoms with Crippen LogP contribution in [0.4, 0.5) is 0 Å². The van der Waals surface area contributed by atoms with Crippen molar-refractivity contribution in [2.75, 3.05) is 19.8 Å². The van der Waals surface area contributed by atoms with Gasteiger partial charge < -0.3 is 24.6 Å². The normalized spacial score (nSPS) is 23.6. The zero-order valence-electron chi connectivity index (χ0n) is 11.2. The van der Waals surface area contributed by atoms with Crippen LogP contribution in [0.1, 0.15) is 16.8 Å². The maximum atomic E-state index is 12.2. The number of aliphatic carboxylic acids is 1. The molecule has 21 heavy (non-hydrogen) atoms. The van der Waals surface area contributed by atoms with Crippen LogP contribution in [0.25, 0.3) is 0 Å². The number of rotatable bonds is 3. The van der Waals surface area contributed by atoms with Crippen molar-refractivity contribution in [3.63, 3.8) is 0 Å². The van der Waals surface area contributed by atoms with E-state index >= 15 is 0 Å². The van der Waals surface area contributed by atoms with Crippen LogP contribution in [0.2, 0.25) is 0 Å². The quantitative estimate of drug-likeness (QED) is 0.839. The van der Waals surface area contributed by atoms with Gasteiger partial charge in [-0.25, -0.2) is 4.79 Å². The third-order valence-electron chi connectivity index (χ3n) is 3.46. The molecule has 2 N–H and O–H groups in total. The highest BCUT2D eigenvalue weighted by Crippen LogP contribution is 2.30. The van der Waals surface area contributed by atoms with Crippen molar-refractivity contribution < 1.29 is 28.9 Å². The van der Waals surface area contributed by atoms with Gasteiger partial charge in [0.15, 0.2) is 17.6 Å². The molecular formula is C14H15NO6. The number of carboxylic acids is 1. The molecule has 1 fully saturated rings. The highest BCUT2D eigenvalue weighted by atomic mass is 16.6. The molecule has 0 aliphatic carbocycles. The van der Waals surface area contributed by atoms with Crippen molar-refractivity contribution in [2.45, 2.75) is 18.6 Å². The minimum atomic E-state index is -1.07. The number of fused-ring (bicyclic) bond motifs is 1. The molecule has 2 aliphatic heterocycles. The topological polar surface area (TPSA) is 94.1 Å². The number of hydrogen-bond acceptors (Lipinski definition) is 5. The molecule has 1 aromatic carbocycles. The molecule has 2 atom stereocenters. The molecule has 1 saturated heterocycles. The van der Waals surface area contributed by atoms with E-state index in [1.807, 2.05) is 0 Å². The molecular weight excluding hydrogens is 278 g/mol. The van der Waals surface area contributed by atoms with Crippen LogP contribution in [0.15, 0.2) is 18.2 Å². The minimum Gasteiger partial charge on any atom is -0.486 e. The second kappa shape index (κ2) is 5.61. The Kier molecular flexibility index (Phi) is 3.66. The number of benzene rings is 1. The Balaban J connectivity index is 1.72. The standard InChI is InChI=1S/C14H15NO6/c16-13(15-9-3-4-21-12(9)14(17)18)8-1-2-10-11(7-8)20-6-5-19-10/h1-2,7,9,12H,3-6H2,(H,15,16)(H,17,18)/t9-,12+/m0/s1. The number of carboxylic acid groups (broad SMARTS) is 1. The molecule has 0 aromatic heterocycles. The summed E-state index contributed by atoms with van der Waals surface area (Å²) in [6.45, 7) is 1.25. The van der Waals surface area contributed by atoms with Crippen LogP contribution < -0.4 is 14.8 Å². The molecule has 2 aliphatic rings. The summed E-state index contributed by atoms with van der Waals surface area (Å²) in [7, 11) is 0. The largest absolute Gasteiger partial charge is 0.486 e. The highest BCUT2D eigenvalue weighted by molar-refractivity contribution is 5.95. The molecule has 3 rings (SSSR count). The number of nitrogens with one attached hydrogen (secondary N) is 1. The predicted molar refractivity (Wildman–Crippen MR) is 70.7 cm³/mol. The Hall–Kier alpha value is -2.28. The van der Waals surface area contributed by atoms with Gasteiger partial charge >= 0.3 is 5.97 Å². The molecule has 7 nitrogen and oxygen atoms in total. The summed E-state index contributed by atoms with van der Waals surface area (Å²) >= 11 is 0. The number of hydrogen-bond donors (Lipinski definition) is 2. The fraction of sp³-hybridized carbons (Fsp3) is 0.429. The zero-order chi connectivity index (χ0) is 14.8. The maximum absolute atomic E-state index is 12.2. The van der Waals surface area contributed by atoms with Crippen LogP contribution in [0.5, 0.6) is 11.5 Å². The van der Waals surface area contributed by atoms with Gasteiger partial charge in [-0.2, -0.15) is 0 Å². The molecule has 2 heterocycles. The monoisotopic (exact) mass is 293 g/mol. The van der Waals surface area contributed by atoms with Gasteiger partial charge in [-0.3, -0.25) is 4.79 Å². The Labute approximate surface area is 120 Å². The Morgan fingerprint density at radius 2 is 1.90 bits per heavy atom. The first kappa shape index (κ1) is 13.7. The molecule has 0 saturated carbocycles. The Morgan fingerprint density at radius 3 is 2.67 bits per heavy atom. The predicted octanol–water partition coefficient (Wildman–Crippen LogP) is 0.430. The molecule has 0 radical (unpaired) electrons. The van der Waals surface area contributed by atoms with E-state index in [4.69, 9.17) is 19.3 Å². The van der Waals surface area contributed by atoms with E-state index in [0.717, 1.165) is 0 Å². The van der Waals surface area contributed by atoms with Crippen LogP contribution in [-0.4, -0.2) is 48.9 Å². The van der Waals surface area contributed by atoms with E-state index in [9.17, 15) is 9.59 Å². The number of amides is 1. The second-order valence-corrected chi connectivity index (χ2v) is 4.86. The van der Waals surface area contributed by atoms with E-state index in [0.29, 0.717) is 43.3 Å². The number of carbonyl (C=O) groups is 2. The first-order valence-electron chi connectivity index (χ1n) is 6.70. The number of carbonyl (C=O) groups excluding carboxylic acids is 1. The van der Waals surface area contributed by atoms with E-state index in [1.165, 1.54) is 0 Å². The van der Waals surface area contributed by atoms with Gasteiger partial charge in [0.05, 0.1) is 6.04 Å². The first-order chi connectivity index (χ1) is 10.1. The summed E-state index contributed by atoms with van der Waals surface area (Å²) in [6.07, 6.45) is -0.515. The van der Waals surface area contributed by atoms with Gasteiger partial charge in [-0.15, -0.1) is 0 Å². The van der Waals surface area contributed by atoms with Crippen LogP contribution in [0, 0.1) is 0 Å². The highest BCUT2D eigenvalue weighted by Gasteiger charge is 2.35. The molecule has 112 valence electrons. The van der Waals surface area contributed by atoms with Gasteiger partial charge in [-0.1, -0.05) is 0 Å². The fourth-order valence-corrected chi connectivity index (χ4v) is 2.42. The van der Waals surface area contributed by atoms with Gasteiger partial charge in [0.2, 0.25) is 0 Å². The van der Waals surface area contributed by atoms with E-state index in [1.54, 1.807) is 18.2 Å². The van der Waals surface area contributed by atoms with Gasteiger partial charge in [0, 0.05) is 12.2 Å². The van der Waals surface area contributed by atoms with Crippen LogP contribution >= 0.6 is 0 Å². The van der Waals surface area contributed by atoms with E-state index in [2.05, 4.69) is 5.32 Å². The van der Waals surface area contributed by atoms with Crippen molar-refractivity contribution in [3.8, 4) is 11.5 Å². The van der Waals surface area contributed by atoms with Crippen molar-refractivity contribution in [1.29, 1.82) is 0 Å². The summed E-state index contributed by atoms with van der Waals surface area (Å²) in [5.74, 6) is -0.300. The third-order valence-corrected chi connectivity index (χ3v) is 3.46. The van der Waals surface area contributed by atoms with E-state index < -0.39 is 18.1 Å². The van der Waals surface area contributed by atoms with Crippen molar-refractivity contribution in [2.24, 2.45) is 0 Å². The lowest BCUT2D eigenvalue weighted by atomic mass is 10.1. The lowest BCUT2D eigenvalue weighted by Crippen LogP contribution is -2.44. The second-order valence-electron chi connectivity index (χ2n) is 4.86. The summed E-state index contributed by atoms with van der Waals surface area (Å²) in [5, 5.41) is 11.7. The molecule has 0 unspecified atom stereocenters. The third kappa shape index (κ3) is 2.78. The van der Waals surface area contributed by atoms with Gasteiger partial charge in [-0.05, 0) is 24.6 Å². The Morgan fingerprint density at radius 1 is 1.14 bits per heavy atom. The average Bonchev–Trinajstić information content (AvgIpc) is 2.95. The lowest BCUT2D eigenvalue weighted by molar-refractivity contribution is -0.148. The zero-order valence-corrected chi connectivity index (χ0v) is 11.2. The fourth-order valence-electron chi connectivity index (χ4n) is 2.42. The minimum absolute atomic E-state index is 0.322. The summed E-state index contributed by atoms with van der Waals surface area (Å²) in [4.78, 5) is 23.2. The molecule has 1 amide bonds.